The molecular formula is C23H16BrNO2. The molecule has 1 amide bonds. The van der Waals surface area contributed by atoms with E-state index in [1.165, 1.54) is 0 Å². The average molecular weight is 418 g/mol. The number of phenols is 1. The number of carbonyl (C=O) groups excluding carboxylic acids is 1. The van der Waals surface area contributed by atoms with Crippen LogP contribution in [0.3, 0.4) is 0 Å². The summed E-state index contributed by atoms with van der Waals surface area (Å²) < 4.78 is 0.990. The van der Waals surface area contributed by atoms with Crippen LogP contribution in [0.4, 0.5) is 5.69 Å². The van der Waals surface area contributed by atoms with E-state index in [0.717, 1.165) is 21.3 Å². The van der Waals surface area contributed by atoms with Gasteiger partial charge in [0.25, 0.3) is 5.91 Å². The summed E-state index contributed by atoms with van der Waals surface area (Å²) in [4.78, 5) is 14.8. The number of benzene rings is 3. The maximum Gasteiger partial charge on any atom is 0.262 e. The van der Waals surface area contributed by atoms with Crippen molar-refractivity contribution in [2.75, 3.05) is 4.90 Å². The average Bonchev–Trinajstić information content (AvgIpc) is 3.01. The Hall–Kier alpha value is -3.11. The molecule has 4 rings (SSSR count). The molecule has 132 valence electrons. The van der Waals surface area contributed by atoms with Gasteiger partial charge in [-0.3, -0.25) is 9.69 Å². The van der Waals surface area contributed by atoms with Crippen LogP contribution in [0.25, 0.3) is 11.8 Å². The van der Waals surface area contributed by atoms with Gasteiger partial charge in [0, 0.05) is 16.1 Å². The van der Waals surface area contributed by atoms with Crippen molar-refractivity contribution in [3.8, 4) is 5.75 Å². The van der Waals surface area contributed by atoms with Crippen LogP contribution >= 0.6 is 15.9 Å². The number of rotatable bonds is 3. The van der Waals surface area contributed by atoms with Crippen LogP contribution in [0.2, 0.25) is 0 Å². The van der Waals surface area contributed by atoms with E-state index in [1.54, 1.807) is 23.1 Å². The van der Waals surface area contributed by atoms with Gasteiger partial charge in [-0.15, -0.1) is 0 Å². The molecule has 0 aliphatic carbocycles. The van der Waals surface area contributed by atoms with E-state index in [2.05, 4.69) is 15.9 Å². The number of hydrogen-bond acceptors (Lipinski definition) is 2. The third-order valence-electron chi connectivity index (χ3n) is 4.33. The summed E-state index contributed by atoms with van der Waals surface area (Å²) in [5.41, 5.74) is 3.90. The van der Waals surface area contributed by atoms with E-state index >= 15 is 0 Å². The van der Waals surface area contributed by atoms with Gasteiger partial charge >= 0.3 is 0 Å². The lowest BCUT2D eigenvalue weighted by Gasteiger charge is -2.21. The molecule has 1 aliphatic rings. The Morgan fingerprint density at radius 2 is 1.63 bits per heavy atom. The minimum atomic E-state index is -0.123. The van der Waals surface area contributed by atoms with Crippen LogP contribution < -0.4 is 4.90 Å². The van der Waals surface area contributed by atoms with Gasteiger partial charge in [0.2, 0.25) is 0 Å². The molecule has 0 fully saturated rings. The molecule has 0 saturated carbocycles. The van der Waals surface area contributed by atoms with E-state index in [4.69, 9.17) is 0 Å². The number of nitrogens with zero attached hydrogens (tertiary/aromatic N) is 1. The molecule has 1 N–H and O–H groups in total. The number of carbonyl (C=O) groups is 1. The quantitative estimate of drug-likeness (QED) is 0.561. The highest BCUT2D eigenvalue weighted by Crippen LogP contribution is 2.36. The highest BCUT2D eigenvalue weighted by molar-refractivity contribution is 9.10. The first-order valence-corrected chi connectivity index (χ1v) is 9.29. The minimum Gasteiger partial charge on any atom is -0.508 e. The molecule has 4 heteroatoms. The molecule has 1 heterocycles. The van der Waals surface area contributed by atoms with Crippen LogP contribution in [0.15, 0.2) is 95.0 Å². The van der Waals surface area contributed by atoms with E-state index in [9.17, 15) is 9.90 Å². The Morgan fingerprint density at radius 1 is 0.889 bits per heavy atom. The Bertz CT molecular complexity index is 1050. The number of phenolic OH excluding ortho intramolecular Hbond substituents is 1. The fourth-order valence-corrected chi connectivity index (χ4v) is 3.33. The number of hydrogen-bond donors (Lipinski definition) is 1. The number of amides is 1. The molecule has 0 unspecified atom stereocenters. The summed E-state index contributed by atoms with van der Waals surface area (Å²) in [5.74, 6) is 0.000391. The van der Waals surface area contributed by atoms with Crippen molar-refractivity contribution in [1.82, 2.24) is 0 Å². The van der Waals surface area contributed by atoms with E-state index in [-0.39, 0.29) is 11.7 Å². The second-order valence-corrected chi connectivity index (χ2v) is 7.12. The van der Waals surface area contributed by atoms with Gasteiger partial charge in [-0.25, -0.2) is 0 Å². The Labute approximate surface area is 166 Å². The second-order valence-electron chi connectivity index (χ2n) is 6.21. The predicted octanol–water partition coefficient (Wildman–Crippen LogP) is 5.63. The van der Waals surface area contributed by atoms with Crippen molar-refractivity contribution < 1.29 is 9.90 Å². The standard InChI is InChI=1S/C23H16BrNO2/c24-19-11-9-16(10-12-19)13-18-14-22(17-5-2-1-3-6-17)25(23(18)27)20-7-4-8-21(26)15-20/h1-15,26H/b18-13+. The Morgan fingerprint density at radius 3 is 2.33 bits per heavy atom. The number of anilines is 1. The van der Waals surface area contributed by atoms with Crippen LogP contribution in [0.5, 0.6) is 5.75 Å². The molecule has 0 spiro atoms. The Kier molecular flexibility index (Phi) is 4.65. The lowest BCUT2D eigenvalue weighted by atomic mass is 10.1. The van der Waals surface area contributed by atoms with Crippen molar-refractivity contribution in [3.63, 3.8) is 0 Å². The zero-order valence-electron chi connectivity index (χ0n) is 14.3. The smallest absolute Gasteiger partial charge is 0.262 e. The molecular weight excluding hydrogens is 402 g/mol. The van der Waals surface area contributed by atoms with Crippen molar-refractivity contribution >= 4 is 39.3 Å². The minimum absolute atomic E-state index is 0.123. The monoisotopic (exact) mass is 417 g/mol. The van der Waals surface area contributed by atoms with Crippen molar-refractivity contribution in [2.24, 2.45) is 0 Å². The maximum absolute atomic E-state index is 13.2. The van der Waals surface area contributed by atoms with Gasteiger partial charge in [0.1, 0.15) is 5.75 Å². The molecule has 3 nitrogen and oxygen atoms in total. The highest BCUT2D eigenvalue weighted by atomic mass is 79.9. The summed E-state index contributed by atoms with van der Waals surface area (Å²) in [5, 5.41) is 9.87. The van der Waals surface area contributed by atoms with Gasteiger partial charge in [0.05, 0.1) is 11.4 Å². The van der Waals surface area contributed by atoms with Gasteiger partial charge in [0.15, 0.2) is 0 Å². The molecule has 0 saturated heterocycles. The summed E-state index contributed by atoms with van der Waals surface area (Å²) >= 11 is 3.43. The van der Waals surface area contributed by atoms with Crippen molar-refractivity contribution in [2.45, 2.75) is 0 Å². The normalized spacial score (nSPS) is 15.3. The summed E-state index contributed by atoms with van der Waals surface area (Å²) in [6.45, 7) is 0. The van der Waals surface area contributed by atoms with Gasteiger partial charge < -0.3 is 5.11 Å². The van der Waals surface area contributed by atoms with Crippen LogP contribution in [-0.4, -0.2) is 11.0 Å². The summed E-state index contributed by atoms with van der Waals surface area (Å²) in [6.07, 6.45) is 3.77. The molecule has 0 radical (unpaired) electrons. The van der Waals surface area contributed by atoms with Crippen LogP contribution in [0, 0.1) is 0 Å². The summed E-state index contributed by atoms with van der Waals surface area (Å²) in [7, 11) is 0. The van der Waals surface area contributed by atoms with Gasteiger partial charge in [-0.2, -0.15) is 0 Å². The second kappa shape index (κ2) is 7.25. The zero-order valence-corrected chi connectivity index (χ0v) is 15.9. The predicted molar refractivity (Wildman–Crippen MR) is 112 cm³/mol. The molecule has 3 aromatic carbocycles. The lowest BCUT2D eigenvalue weighted by molar-refractivity contribution is -0.113. The first kappa shape index (κ1) is 17.3. The summed E-state index contributed by atoms with van der Waals surface area (Å²) in [6, 6.07) is 24.3. The molecule has 0 bridgehead atoms. The largest absolute Gasteiger partial charge is 0.508 e. The van der Waals surface area contributed by atoms with Crippen molar-refractivity contribution in [3.05, 3.63) is 106 Å². The molecule has 27 heavy (non-hydrogen) atoms. The van der Waals surface area contributed by atoms with Crippen molar-refractivity contribution in [1.29, 1.82) is 0 Å². The molecule has 0 atom stereocenters. The number of aromatic hydroxyl groups is 1. The van der Waals surface area contributed by atoms with E-state index < -0.39 is 0 Å². The van der Waals surface area contributed by atoms with Crippen LogP contribution in [0.1, 0.15) is 11.1 Å². The van der Waals surface area contributed by atoms with Gasteiger partial charge in [-0.05, 0) is 47.5 Å². The third-order valence-corrected chi connectivity index (χ3v) is 4.86. The SMILES string of the molecule is O=C1/C(=C/c2ccc(Br)cc2)C=C(c2ccccc2)N1c1cccc(O)c1. The fourth-order valence-electron chi connectivity index (χ4n) is 3.06. The topological polar surface area (TPSA) is 40.5 Å². The van der Waals surface area contributed by atoms with E-state index in [0.29, 0.717) is 11.3 Å². The molecule has 3 aromatic rings. The first-order valence-electron chi connectivity index (χ1n) is 8.50. The Balaban J connectivity index is 1.82. The van der Waals surface area contributed by atoms with E-state index in [1.807, 2.05) is 72.8 Å². The third kappa shape index (κ3) is 3.57. The van der Waals surface area contributed by atoms with Crippen LogP contribution in [-0.2, 0) is 4.79 Å². The fraction of sp³-hybridized carbons (Fsp3) is 0. The van der Waals surface area contributed by atoms with Gasteiger partial charge in [-0.1, -0.05) is 64.5 Å². The molecule has 1 aliphatic heterocycles. The first-order chi connectivity index (χ1) is 13.1. The highest BCUT2D eigenvalue weighted by Gasteiger charge is 2.30. The molecule has 0 aromatic heterocycles. The number of halogens is 1. The lowest BCUT2D eigenvalue weighted by Crippen LogP contribution is -2.24. The maximum atomic E-state index is 13.2. The zero-order chi connectivity index (χ0) is 18.8.